The molecular formula is C8H11F3N4. The van der Waals surface area contributed by atoms with Crippen LogP contribution in [0.15, 0.2) is 12.4 Å². The molecular weight excluding hydrogens is 209 g/mol. The lowest BCUT2D eigenvalue weighted by atomic mass is 10.4. The van der Waals surface area contributed by atoms with Crippen molar-refractivity contribution >= 4 is 11.6 Å². The molecule has 4 nitrogen and oxygen atoms in total. The summed E-state index contributed by atoms with van der Waals surface area (Å²) in [4.78, 5) is 7.61. The van der Waals surface area contributed by atoms with Gasteiger partial charge >= 0.3 is 6.18 Å². The van der Waals surface area contributed by atoms with Gasteiger partial charge in [0.15, 0.2) is 0 Å². The van der Waals surface area contributed by atoms with E-state index < -0.39 is 12.6 Å². The molecule has 15 heavy (non-hydrogen) atoms. The molecule has 0 saturated carbocycles. The quantitative estimate of drug-likeness (QED) is 0.813. The van der Waals surface area contributed by atoms with Crippen molar-refractivity contribution < 1.29 is 13.2 Å². The monoisotopic (exact) mass is 220 g/mol. The fourth-order valence-corrected chi connectivity index (χ4v) is 0.923. The Balaban J connectivity index is 2.44. The summed E-state index contributed by atoms with van der Waals surface area (Å²) in [5.74, 6) is 0.929. The van der Waals surface area contributed by atoms with Crippen LogP contribution in [0, 0.1) is 0 Å². The fraction of sp³-hybridized carbons (Fsp3) is 0.500. The van der Waals surface area contributed by atoms with Gasteiger partial charge < -0.3 is 10.6 Å². The number of alkyl halides is 3. The molecule has 0 saturated heterocycles. The zero-order valence-electron chi connectivity index (χ0n) is 8.10. The predicted molar refractivity (Wildman–Crippen MR) is 50.7 cm³/mol. The summed E-state index contributed by atoms with van der Waals surface area (Å²) in [7, 11) is 1.67. The maximum atomic E-state index is 11.8. The van der Waals surface area contributed by atoms with Gasteiger partial charge in [-0.1, -0.05) is 0 Å². The highest BCUT2D eigenvalue weighted by Gasteiger charge is 2.26. The van der Waals surface area contributed by atoms with Gasteiger partial charge in [0.2, 0.25) is 0 Å². The largest absolute Gasteiger partial charge is 0.390 e. The maximum Gasteiger partial charge on any atom is 0.390 e. The number of hydrogen-bond acceptors (Lipinski definition) is 4. The first-order valence-corrected chi connectivity index (χ1v) is 4.32. The highest BCUT2D eigenvalue weighted by molar-refractivity contribution is 5.45. The molecule has 2 N–H and O–H groups in total. The Hall–Kier alpha value is -1.53. The molecule has 1 aromatic heterocycles. The van der Waals surface area contributed by atoms with E-state index in [2.05, 4.69) is 20.6 Å². The number of rotatable bonds is 4. The number of aromatic nitrogens is 2. The van der Waals surface area contributed by atoms with Crippen LogP contribution in [0.5, 0.6) is 0 Å². The first-order chi connectivity index (χ1) is 7.01. The second-order valence-electron chi connectivity index (χ2n) is 2.83. The van der Waals surface area contributed by atoms with Gasteiger partial charge in [0.25, 0.3) is 0 Å². The Bertz CT molecular complexity index is 313. The SMILES string of the molecule is CNc1cc(NCCC(F)(F)F)ncn1. The number of nitrogens with one attached hydrogen (secondary N) is 2. The molecule has 0 aliphatic rings. The third-order valence-electron chi connectivity index (χ3n) is 1.64. The molecule has 1 aromatic rings. The molecule has 84 valence electrons. The smallest absolute Gasteiger partial charge is 0.373 e. The standard InChI is InChI=1S/C8H11F3N4/c1-12-6-4-7(15-5-14-6)13-3-2-8(9,10)11/h4-5H,2-3H2,1H3,(H2,12,13,14,15). The molecule has 0 aliphatic carbocycles. The van der Waals surface area contributed by atoms with Crippen molar-refractivity contribution in [3.05, 3.63) is 12.4 Å². The number of nitrogens with zero attached hydrogens (tertiary/aromatic N) is 2. The highest BCUT2D eigenvalue weighted by Crippen LogP contribution is 2.19. The minimum atomic E-state index is -4.15. The Kier molecular flexibility index (Phi) is 3.70. The van der Waals surface area contributed by atoms with Crippen LogP contribution in [-0.2, 0) is 0 Å². The molecule has 7 heteroatoms. The van der Waals surface area contributed by atoms with Gasteiger partial charge in [0.05, 0.1) is 6.42 Å². The van der Waals surface area contributed by atoms with Crippen molar-refractivity contribution in [3.63, 3.8) is 0 Å². The van der Waals surface area contributed by atoms with E-state index in [1.807, 2.05) is 0 Å². The van der Waals surface area contributed by atoms with Crippen molar-refractivity contribution in [2.75, 3.05) is 24.2 Å². The molecule has 1 rings (SSSR count). The van der Waals surface area contributed by atoms with Gasteiger partial charge in [-0.25, -0.2) is 9.97 Å². The van der Waals surface area contributed by atoms with E-state index in [0.717, 1.165) is 0 Å². The first-order valence-electron chi connectivity index (χ1n) is 4.32. The summed E-state index contributed by atoms with van der Waals surface area (Å²) in [6.45, 7) is -0.191. The normalized spacial score (nSPS) is 11.2. The highest BCUT2D eigenvalue weighted by atomic mass is 19.4. The van der Waals surface area contributed by atoms with Gasteiger partial charge in [0, 0.05) is 19.7 Å². The molecule has 0 radical (unpaired) electrons. The average molecular weight is 220 g/mol. The molecule has 1 heterocycles. The second-order valence-corrected chi connectivity index (χ2v) is 2.83. The zero-order chi connectivity index (χ0) is 11.3. The Morgan fingerprint density at radius 3 is 2.53 bits per heavy atom. The van der Waals surface area contributed by atoms with Crippen molar-refractivity contribution in [2.45, 2.75) is 12.6 Å². The third-order valence-corrected chi connectivity index (χ3v) is 1.64. The lowest BCUT2D eigenvalue weighted by Gasteiger charge is -2.08. The summed E-state index contributed by atoms with van der Waals surface area (Å²) in [5, 5.41) is 5.33. The average Bonchev–Trinajstić information content (AvgIpc) is 2.16. The fourth-order valence-electron chi connectivity index (χ4n) is 0.923. The van der Waals surface area contributed by atoms with Crippen LogP contribution < -0.4 is 10.6 Å². The lowest BCUT2D eigenvalue weighted by Crippen LogP contribution is -2.15. The summed E-state index contributed by atoms with van der Waals surface area (Å²) in [6, 6.07) is 1.54. The molecule has 0 unspecified atom stereocenters. The van der Waals surface area contributed by atoms with Crippen LogP contribution in [0.3, 0.4) is 0 Å². The van der Waals surface area contributed by atoms with Gasteiger partial charge in [-0.3, -0.25) is 0 Å². The lowest BCUT2D eigenvalue weighted by molar-refractivity contribution is -0.131. The number of hydrogen-bond donors (Lipinski definition) is 2. The van der Waals surface area contributed by atoms with Gasteiger partial charge in [-0.2, -0.15) is 13.2 Å². The van der Waals surface area contributed by atoms with E-state index in [1.165, 1.54) is 12.4 Å². The van der Waals surface area contributed by atoms with Gasteiger partial charge in [-0.05, 0) is 0 Å². The van der Waals surface area contributed by atoms with E-state index in [9.17, 15) is 13.2 Å². The first kappa shape index (κ1) is 11.5. The molecule has 0 spiro atoms. The number of halogens is 3. The van der Waals surface area contributed by atoms with Crippen molar-refractivity contribution in [1.29, 1.82) is 0 Å². The topological polar surface area (TPSA) is 49.8 Å². The van der Waals surface area contributed by atoms with Crippen LogP contribution in [0.2, 0.25) is 0 Å². The second kappa shape index (κ2) is 4.81. The van der Waals surface area contributed by atoms with Crippen LogP contribution >= 0.6 is 0 Å². The number of anilines is 2. The van der Waals surface area contributed by atoms with E-state index >= 15 is 0 Å². The van der Waals surface area contributed by atoms with Crippen LogP contribution in [0.25, 0.3) is 0 Å². The van der Waals surface area contributed by atoms with Crippen molar-refractivity contribution in [1.82, 2.24) is 9.97 Å². The third kappa shape index (κ3) is 4.48. The minimum absolute atomic E-state index is 0.191. The predicted octanol–water partition coefficient (Wildman–Crippen LogP) is 1.88. The zero-order valence-corrected chi connectivity index (χ0v) is 8.10. The van der Waals surface area contributed by atoms with Crippen LogP contribution in [-0.4, -0.2) is 29.7 Å². The summed E-state index contributed by atoms with van der Waals surface area (Å²) < 4.78 is 35.5. The minimum Gasteiger partial charge on any atom is -0.373 e. The Labute approximate surface area is 84.9 Å². The summed E-state index contributed by atoms with van der Waals surface area (Å²) in [5.41, 5.74) is 0. The Morgan fingerprint density at radius 2 is 1.93 bits per heavy atom. The van der Waals surface area contributed by atoms with E-state index in [1.54, 1.807) is 7.05 Å². The van der Waals surface area contributed by atoms with Crippen molar-refractivity contribution in [3.8, 4) is 0 Å². The molecule has 0 fully saturated rings. The van der Waals surface area contributed by atoms with Crippen LogP contribution in [0.4, 0.5) is 24.8 Å². The maximum absolute atomic E-state index is 11.8. The van der Waals surface area contributed by atoms with Gasteiger partial charge in [0.1, 0.15) is 18.0 Å². The molecule has 0 aromatic carbocycles. The van der Waals surface area contributed by atoms with E-state index in [-0.39, 0.29) is 6.54 Å². The van der Waals surface area contributed by atoms with Crippen molar-refractivity contribution in [2.24, 2.45) is 0 Å². The molecule has 0 atom stereocenters. The van der Waals surface area contributed by atoms with E-state index in [4.69, 9.17) is 0 Å². The molecule has 0 amide bonds. The molecule has 0 bridgehead atoms. The molecule has 0 aliphatic heterocycles. The van der Waals surface area contributed by atoms with Crippen LogP contribution in [0.1, 0.15) is 6.42 Å². The summed E-state index contributed by atoms with van der Waals surface area (Å²) >= 11 is 0. The summed E-state index contributed by atoms with van der Waals surface area (Å²) in [6.07, 6.45) is -3.75. The van der Waals surface area contributed by atoms with Gasteiger partial charge in [-0.15, -0.1) is 0 Å². The van der Waals surface area contributed by atoms with E-state index in [0.29, 0.717) is 11.6 Å². The Morgan fingerprint density at radius 1 is 1.27 bits per heavy atom.